The molecule has 1 aliphatic rings. The van der Waals surface area contributed by atoms with Gasteiger partial charge in [0.05, 0.1) is 18.7 Å². The molecular weight excluding hydrogens is 326 g/mol. The van der Waals surface area contributed by atoms with Crippen molar-refractivity contribution in [1.29, 1.82) is 0 Å². The molecule has 2 heterocycles. The van der Waals surface area contributed by atoms with Crippen LogP contribution in [0.2, 0.25) is 0 Å². The van der Waals surface area contributed by atoms with E-state index in [1.807, 2.05) is 18.2 Å². The number of pyridine rings is 1. The Morgan fingerprint density at radius 3 is 2.32 bits per heavy atom. The first-order chi connectivity index (χ1) is 12.0. The van der Waals surface area contributed by atoms with Gasteiger partial charge >= 0.3 is 11.9 Å². The molecule has 0 bridgehead atoms. The maximum Gasteiger partial charge on any atom is 0.328 e. The summed E-state index contributed by atoms with van der Waals surface area (Å²) in [5, 5.41) is 16.8. The van der Waals surface area contributed by atoms with Crippen LogP contribution >= 0.6 is 0 Å². The second-order valence-corrected chi connectivity index (χ2v) is 5.22. The summed E-state index contributed by atoms with van der Waals surface area (Å²) in [6.45, 7) is 3.51. The minimum Gasteiger partial charge on any atom is -0.478 e. The minimum atomic E-state index is -1.26. The van der Waals surface area contributed by atoms with Crippen molar-refractivity contribution in [2.75, 3.05) is 36.9 Å². The summed E-state index contributed by atoms with van der Waals surface area (Å²) in [4.78, 5) is 25.7. The summed E-state index contributed by atoms with van der Waals surface area (Å²) in [5.74, 6) is -1.95. The number of hydrogen-bond acceptors (Lipinski definition) is 6. The fraction of sp³-hybridized carbons (Fsp3) is 0.235. The van der Waals surface area contributed by atoms with Crippen molar-refractivity contribution in [3.63, 3.8) is 0 Å². The van der Waals surface area contributed by atoms with Crippen LogP contribution in [0, 0.1) is 0 Å². The molecular formula is C17H19N3O5. The lowest BCUT2D eigenvalue weighted by molar-refractivity contribution is -0.134. The molecule has 4 N–H and O–H groups in total. The molecule has 1 aliphatic heterocycles. The smallest absolute Gasteiger partial charge is 0.328 e. The monoisotopic (exact) mass is 345 g/mol. The molecule has 1 aromatic heterocycles. The molecule has 8 heteroatoms. The van der Waals surface area contributed by atoms with Crippen LogP contribution in [-0.2, 0) is 14.3 Å². The van der Waals surface area contributed by atoms with Gasteiger partial charge in [-0.15, -0.1) is 0 Å². The Bertz CT molecular complexity index is 769. The summed E-state index contributed by atoms with van der Waals surface area (Å²) < 4.78 is 5.35. The van der Waals surface area contributed by atoms with Crippen molar-refractivity contribution in [2.24, 2.45) is 0 Å². The van der Waals surface area contributed by atoms with Crippen molar-refractivity contribution >= 4 is 34.3 Å². The highest BCUT2D eigenvalue weighted by molar-refractivity contribution is 5.89. The van der Waals surface area contributed by atoms with Gasteiger partial charge in [-0.05, 0) is 30.3 Å². The van der Waals surface area contributed by atoms with Crippen LogP contribution in [0.1, 0.15) is 0 Å². The molecule has 2 aromatic rings. The summed E-state index contributed by atoms with van der Waals surface area (Å²) in [7, 11) is 0. The van der Waals surface area contributed by atoms with E-state index < -0.39 is 11.9 Å². The van der Waals surface area contributed by atoms with Crippen molar-refractivity contribution < 1.29 is 24.5 Å². The number of carbonyl (C=O) groups is 2. The Morgan fingerprint density at radius 2 is 1.72 bits per heavy atom. The van der Waals surface area contributed by atoms with E-state index in [1.165, 1.54) is 5.69 Å². The zero-order valence-electron chi connectivity index (χ0n) is 13.5. The van der Waals surface area contributed by atoms with Gasteiger partial charge < -0.3 is 25.6 Å². The molecule has 0 spiro atoms. The average Bonchev–Trinajstić information content (AvgIpc) is 2.61. The van der Waals surface area contributed by atoms with Gasteiger partial charge in [0.1, 0.15) is 5.82 Å². The third-order valence-electron chi connectivity index (χ3n) is 3.44. The number of anilines is 2. The molecule has 3 rings (SSSR count). The van der Waals surface area contributed by atoms with Crippen LogP contribution in [0.3, 0.4) is 0 Å². The van der Waals surface area contributed by atoms with E-state index in [2.05, 4.69) is 22.0 Å². The average molecular weight is 345 g/mol. The highest BCUT2D eigenvalue weighted by atomic mass is 16.5. The number of hydrogen-bond donors (Lipinski definition) is 3. The van der Waals surface area contributed by atoms with Gasteiger partial charge in [0.2, 0.25) is 0 Å². The molecule has 0 amide bonds. The van der Waals surface area contributed by atoms with Gasteiger partial charge in [-0.1, -0.05) is 0 Å². The van der Waals surface area contributed by atoms with Gasteiger partial charge in [0, 0.05) is 36.3 Å². The van der Waals surface area contributed by atoms with Crippen molar-refractivity contribution in [1.82, 2.24) is 4.98 Å². The normalized spacial score (nSPS) is 14.2. The first-order valence-electron chi connectivity index (χ1n) is 7.58. The lowest BCUT2D eigenvalue weighted by atomic mass is 10.2. The van der Waals surface area contributed by atoms with Crippen LogP contribution in [0.15, 0.2) is 42.5 Å². The van der Waals surface area contributed by atoms with Gasteiger partial charge in [-0.3, -0.25) is 0 Å². The Balaban J connectivity index is 0.000000242. The number of nitrogens with two attached hydrogens (primary N) is 1. The summed E-state index contributed by atoms with van der Waals surface area (Å²) in [6, 6.07) is 10.1. The third-order valence-corrected chi connectivity index (χ3v) is 3.44. The van der Waals surface area contributed by atoms with Crippen LogP contribution in [0.5, 0.6) is 0 Å². The van der Waals surface area contributed by atoms with Gasteiger partial charge in [-0.2, -0.15) is 0 Å². The quantitative estimate of drug-likeness (QED) is 0.712. The number of morpholine rings is 1. The molecule has 0 unspecified atom stereocenters. The molecule has 0 aliphatic carbocycles. The molecule has 0 saturated carbocycles. The minimum absolute atomic E-state index is 0.558. The van der Waals surface area contributed by atoms with E-state index in [0.717, 1.165) is 37.2 Å². The zero-order valence-corrected chi connectivity index (χ0v) is 13.5. The van der Waals surface area contributed by atoms with E-state index in [-0.39, 0.29) is 0 Å². The van der Waals surface area contributed by atoms with Crippen molar-refractivity contribution in [3.8, 4) is 0 Å². The fourth-order valence-electron chi connectivity index (χ4n) is 2.29. The summed E-state index contributed by atoms with van der Waals surface area (Å²) in [5.41, 5.74) is 7.84. The van der Waals surface area contributed by atoms with Crippen molar-refractivity contribution in [3.05, 3.63) is 42.5 Å². The second-order valence-electron chi connectivity index (χ2n) is 5.22. The predicted octanol–water partition coefficient (Wildman–Crippen LogP) is 1.37. The largest absolute Gasteiger partial charge is 0.478 e. The Kier molecular flexibility index (Phi) is 6.30. The number of carboxylic acid groups (broad SMARTS) is 2. The maximum absolute atomic E-state index is 9.55. The summed E-state index contributed by atoms with van der Waals surface area (Å²) in [6.07, 6.45) is 1.12. The van der Waals surface area contributed by atoms with Crippen molar-refractivity contribution in [2.45, 2.75) is 0 Å². The number of nitrogen functional groups attached to an aromatic ring is 1. The summed E-state index contributed by atoms with van der Waals surface area (Å²) >= 11 is 0. The van der Waals surface area contributed by atoms with Crippen LogP contribution < -0.4 is 10.6 Å². The number of aliphatic carboxylic acids is 2. The number of ether oxygens (including phenoxy) is 1. The third kappa shape index (κ3) is 5.78. The Hall–Kier alpha value is -3.13. The van der Waals surface area contributed by atoms with E-state index in [4.69, 9.17) is 20.7 Å². The number of fused-ring (bicyclic) bond motifs is 1. The lowest BCUT2D eigenvalue weighted by Crippen LogP contribution is -2.36. The number of aromatic nitrogens is 1. The number of benzene rings is 1. The fourth-order valence-corrected chi connectivity index (χ4v) is 2.29. The Morgan fingerprint density at radius 1 is 1.08 bits per heavy atom. The first kappa shape index (κ1) is 18.2. The van der Waals surface area contributed by atoms with Crippen LogP contribution in [0.25, 0.3) is 10.9 Å². The zero-order chi connectivity index (χ0) is 18.2. The van der Waals surface area contributed by atoms with Gasteiger partial charge in [0.15, 0.2) is 0 Å². The number of nitrogens with zero attached hydrogens (tertiary/aromatic N) is 2. The molecule has 1 aromatic carbocycles. The predicted molar refractivity (Wildman–Crippen MR) is 93.6 cm³/mol. The molecule has 1 fully saturated rings. The Labute approximate surface area is 144 Å². The molecule has 25 heavy (non-hydrogen) atoms. The lowest BCUT2D eigenvalue weighted by Gasteiger charge is -2.29. The maximum atomic E-state index is 9.55. The number of rotatable bonds is 3. The standard InChI is InChI=1S/C13H15N3O.C4H4O4/c14-13-4-1-10-9-11(2-3-12(10)15-13)16-5-7-17-8-6-16;5-3(6)1-2-4(7)8/h1-4,9H,5-8H2,(H2,14,15);1-2H,(H,5,6)(H,7,8)/b;2-1-. The molecule has 0 radical (unpaired) electrons. The topological polar surface area (TPSA) is 126 Å². The van der Waals surface area contributed by atoms with E-state index in [0.29, 0.717) is 18.0 Å². The first-order valence-corrected chi connectivity index (χ1v) is 7.58. The van der Waals surface area contributed by atoms with E-state index >= 15 is 0 Å². The highest BCUT2D eigenvalue weighted by Crippen LogP contribution is 2.22. The molecule has 8 nitrogen and oxygen atoms in total. The van der Waals surface area contributed by atoms with Gasteiger partial charge in [-0.25, -0.2) is 14.6 Å². The second kappa shape index (κ2) is 8.65. The van der Waals surface area contributed by atoms with E-state index in [1.54, 1.807) is 0 Å². The van der Waals surface area contributed by atoms with Crippen LogP contribution in [-0.4, -0.2) is 53.4 Å². The SMILES string of the molecule is Nc1ccc2cc(N3CCOCC3)ccc2n1.O=C(O)/C=C\C(=O)O. The van der Waals surface area contributed by atoms with Gasteiger partial charge in [0.25, 0.3) is 0 Å². The molecule has 132 valence electrons. The van der Waals surface area contributed by atoms with Crippen LogP contribution in [0.4, 0.5) is 11.5 Å². The molecule has 1 saturated heterocycles. The van der Waals surface area contributed by atoms with E-state index in [9.17, 15) is 9.59 Å². The highest BCUT2D eigenvalue weighted by Gasteiger charge is 2.11. The number of carboxylic acids is 2. The molecule has 0 atom stereocenters.